The molecule has 0 aliphatic heterocycles. The van der Waals surface area contributed by atoms with Gasteiger partial charge in [-0.1, -0.05) is 13.8 Å². The van der Waals surface area contributed by atoms with Crippen LogP contribution in [0.2, 0.25) is 0 Å². The summed E-state index contributed by atoms with van der Waals surface area (Å²) in [5.41, 5.74) is 7.76. The Kier molecular flexibility index (Phi) is 3.55. The van der Waals surface area contributed by atoms with Crippen molar-refractivity contribution in [3.05, 3.63) is 30.3 Å². The molecular weight excluding hydrogens is 226 g/mol. The van der Waals surface area contributed by atoms with Gasteiger partial charge in [-0.3, -0.25) is 4.68 Å². The Morgan fingerprint density at radius 1 is 1.28 bits per heavy atom. The Hall–Kier alpha value is -1.97. The standard InChI is InChI=1S/C14H19N3O/c1-10(2)9-18-12-6-4-11(5-7-12)13-8-14(15)16-17(13)3/h4-8,10H,9H2,1-3H3,(H2,15,16). The molecule has 0 aliphatic carbocycles. The lowest BCUT2D eigenvalue weighted by atomic mass is 10.1. The molecule has 0 bridgehead atoms. The number of benzene rings is 1. The van der Waals surface area contributed by atoms with Crippen molar-refractivity contribution in [3.63, 3.8) is 0 Å². The van der Waals surface area contributed by atoms with Crippen LogP contribution in [0.25, 0.3) is 11.3 Å². The molecule has 2 N–H and O–H groups in total. The molecule has 0 aliphatic rings. The molecule has 96 valence electrons. The maximum atomic E-state index is 5.67. The minimum atomic E-state index is 0.529. The zero-order valence-corrected chi connectivity index (χ0v) is 11.1. The van der Waals surface area contributed by atoms with E-state index in [1.807, 2.05) is 37.4 Å². The van der Waals surface area contributed by atoms with Crippen LogP contribution in [-0.4, -0.2) is 16.4 Å². The van der Waals surface area contributed by atoms with Crippen LogP contribution in [0.15, 0.2) is 30.3 Å². The summed E-state index contributed by atoms with van der Waals surface area (Å²) >= 11 is 0. The van der Waals surface area contributed by atoms with Crippen LogP contribution in [0.4, 0.5) is 5.82 Å². The third kappa shape index (κ3) is 2.83. The maximum absolute atomic E-state index is 5.67. The Morgan fingerprint density at radius 2 is 1.94 bits per heavy atom. The number of nitrogens with two attached hydrogens (primary N) is 1. The lowest BCUT2D eigenvalue weighted by Gasteiger charge is -2.09. The van der Waals surface area contributed by atoms with Crippen molar-refractivity contribution in [2.24, 2.45) is 13.0 Å². The number of rotatable bonds is 4. The Balaban J connectivity index is 2.15. The average molecular weight is 245 g/mol. The van der Waals surface area contributed by atoms with Crippen molar-refractivity contribution in [3.8, 4) is 17.0 Å². The van der Waals surface area contributed by atoms with Crippen molar-refractivity contribution < 1.29 is 4.74 Å². The van der Waals surface area contributed by atoms with Gasteiger partial charge in [0.25, 0.3) is 0 Å². The van der Waals surface area contributed by atoms with Crippen molar-refractivity contribution >= 4 is 5.82 Å². The van der Waals surface area contributed by atoms with Gasteiger partial charge in [-0.2, -0.15) is 5.10 Å². The first-order valence-corrected chi connectivity index (χ1v) is 6.09. The number of aromatic nitrogens is 2. The molecule has 0 saturated carbocycles. The molecule has 4 nitrogen and oxygen atoms in total. The fourth-order valence-corrected chi connectivity index (χ4v) is 1.74. The summed E-state index contributed by atoms with van der Waals surface area (Å²) in [6.07, 6.45) is 0. The van der Waals surface area contributed by atoms with Gasteiger partial charge in [-0.05, 0) is 30.2 Å². The normalized spacial score (nSPS) is 10.9. The van der Waals surface area contributed by atoms with Crippen molar-refractivity contribution in [2.75, 3.05) is 12.3 Å². The van der Waals surface area contributed by atoms with Crippen LogP contribution in [0, 0.1) is 5.92 Å². The van der Waals surface area contributed by atoms with Gasteiger partial charge in [0.15, 0.2) is 0 Å². The smallest absolute Gasteiger partial charge is 0.146 e. The van der Waals surface area contributed by atoms with Gasteiger partial charge in [0.1, 0.15) is 11.6 Å². The largest absolute Gasteiger partial charge is 0.493 e. The van der Waals surface area contributed by atoms with E-state index in [1.54, 1.807) is 4.68 Å². The first-order chi connectivity index (χ1) is 8.56. The molecule has 18 heavy (non-hydrogen) atoms. The molecule has 0 unspecified atom stereocenters. The topological polar surface area (TPSA) is 53.1 Å². The van der Waals surface area contributed by atoms with E-state index in [-0.39, 0.29) is 0 Å². The Bertz CT molecular complexity index is 514. The summed E-state index contributed by atoms with van der Waals surface area (Å²) in [4.78, 5) is 0. The van der Waals surface area contributed by atoms with Gasteiger partial charge in [0.2, 0.25) is 0 Å². The van der Waals surface area contributed by atoms with E-state index >= 15 is 0 Å². The molecule has 4 heteroatoms. The van der Waals surface area contributed by atoms with Crippen LogP contribution in [0.3, 0.4) is 0 Å². The van der Waals surface area contributed by atoms with E-state index < -0.39 is 0 Å². The predicted molar refractivity (Wildman–Crippen MR) is 73.4 cm³/mol. The summed E-state index contributed by atoms with van der Waals surface area (Å²) in [6.45, 7) is 5.00. The molecule has 0 radical (unpaired) electrons. The molecule has 1 aromatic heterocycles. The average Bonchev–Trinajstić information content (AvgIpc) is 2.66. The molecule has 2 aromatic rings. The zero-order chi connectivity index (χ0) is 13.1. The molecule has 2 rings (SSSR count). The molecule has 1 aromatic carbocycles. The van der Waals surface area contributed by atoms with Crippen LogP contribution >= 0.6 is 0 Å². The van der Waals surface area contributed by atoms with E-state index in [1.165, 1.54) is 0 Å². The minimum absolute atomic E-state index is 0.529. The molecule has 0 atom stereocenters. The monoisotopic (exact) mass is 245 g/mol. The van der Waals surface area contributed by atoms with Gasteiger partial charge >= 0.3 is 0 Å². The zero-order valence-electron chi connectivity index (χ0n) is 11.1. The number of anilines is 1. The third-order valence-corrected chi connectivity index (χ3v) is 2.63. The van der Waals surface area contributed by atoms with Crippen LogP contribution in [-0.2, 0) is 7.05 Å². The third-order valence-electron chi connectivity index (χ3n) is 2.63. The number of nitrogens with zero attached hydrogens (tertiary/aromatic N) is 2. The van der Waals surface area contributed by atoms with E-state index in [2.05, 4.69) is 18.9 Å². The van der Waals surface area contributed by atoms with E-state index in [0.29, 0.717) is 11.7 Å². The van der Waals surface area contributed by atoms with Crippen molar-refractivity contribution in [1.82, 2.24) is 9.78 Å². The van der Waals surface area contributed by atoms with Crippen molar-refractivity contribution in [2.45, 2.75) is 13.8 Å². The summed E-state index contributed by atoms with van der Waals surface area (Å²) in [7, 11) is 1.88. The molecule has 0 fully saturated rings. The van der Waals surface area contributed by atoms with E-state index in [4.69, 9.17) is 10.5 Å². The number of hydrogen-bond donors (Lipinski definition) is 1. The van der Waals surface area contributed by atoms with Gasteiger partial charge in [-0.25, -0.2) is 0 Å². The van der Waals surface area contributed by atoms with Gasteiger partial charge in [0.05, 0.1) is 12.3 Å². The second kappa shape index (κ2) is 5.12. The van der Waals surface area contributed by atoms with Gasteiger partial charge < -0.3 is 10.5 Å². The van der Waals surface area contributed by atoms with Crippen molar-refractivity contribution in [1.29, 1.82) is 0 Å². The maximum Gasteiger partial charge on any atom is 0.146 e. The molecule has 0 saturated heterocycles. The lowest BCUT2D eigenvalue weighted by Crippen LogP contribution is -2.04. The van der Waals surface area contributed by atoms with Crippen LogP contribution in [0.1, 0.15) is 13.8 Å². The molecule has 0 amide bonds. The first kappa shape index (κ1) is 12.5. The van der Waals surface area contributed by atoms with Gasteiger partial charge in [-0.15, -0.1) is 0 Å². The fraction of sp³-hybridized carbons (Fsp3) is 0.357. The number of hydrogen-bond acceptors (Lipinski definition) is 3. The number of aryl methyl sites for hydroxylation is 1. The molecule has 1 heterocycles. The lowest BCUT2D eigenvalue weighted by molar-refractivity contribution is 0.271. The number of ether oxygens (including phenoxy) is 1. The first-order valence-electron chi connectivity index (χ1n) is 6.09. The Morgan fingerprint density at radius 3 is 2.44 bits per heavy atom. The Labute approximate surface area is 107 Å². The van der Waals surface area contributed by atoms with E-state index in [9.17, 15) is 0 Å². The summed E-state index contributed by atoms with van der Waals surface area (Å²) in [5, 5.41) is 4.13. The molecular formula is C14H19N3O. The highest BCUT2D eigenvalue weighted by Crippen LogP contribution is 2.23. The SMILES string of the molecule is CC(C)COc1ccc(-c2cc(N)nn2C)cc1. The minimum Gasteiger partial charge on any atom is -0.493 e. The highest BCUT2D eigenvalue weighted by Gasteiger charge is 2.05. The highest BCUT2D eigenvalue weighted by molar-refractivity contribution is 5.63. The van der Waals surface area contributed by atoms with E-state index in [0.717, 1.165) is 23.6 Å². The summed E-state index contributed by atoms with van der Waals surface area (Å²) < 4.78 is 7.42. The molecule has 0 spiro atoms. The predicted octanol–water partition coefficient (Wildman–Crippen LogP) is 2.70. The fourth-order valence-electron chi connectivity index (χ4n) is 1.74. The van der Waals surface area contributed by atoms with Gasteiger partial charge in [0, 0.05) is 18.7 Å². The summed E-state index contributed by atoms with van der Waals surface area (Å²) in [6, 6.07) is 9.85. The quantitative estimate of drug-likeness (QED) is 0.901. The number of nitrogen functional groups attached to an aromatic ring is 1. The highest BCUT2D eigenvalue weighted by atomic mass is 16.5. The second-order valence-corrected chi connectivity index (χ2v) is 4.81. The van der Waals surface area contributed by atoms with Crippen LogP contribution in [0.5, 0.6) is 5.75 Å². The summed E-state index contributed by atoms with van der Waals surface area (Å²) in [5.74, 6) is 1.96. The van der Waals surface area contributed by atoms with Crippen LogP contribution < -0.4 is 10.5 Å². The second-order valence-electron chi connectivity index (χ2n) is 4.81.